The van der Waals surface area contributed by atoms with Crippen LogP contribution in [0.1, 0.15) is 88.8 Å². The van der Waals surface area contributed by atoms with Crippen LogP contribution in [-0.4, -0.2) is 18.2 Å². The zero-order valence-electron chi connectivity index (χ0n) is 18.5. The van der Waals surface area contributed by atoms with Gasteiger partial charge in [-0.1, -0.05) is 59.1 Å². The topological polar surface area (TPSA) is 32.3 Å². The third-order valence-electron chi connectivity index (χ3n) is 6.38. The molecule has 3 nitrogen and oxygen atoms in total. The monoisotopic (exact) mass is 444 g/mol. The Morgan fingerprint density at radius 3 is 2.17 bits per heavy atom. The van der Waals surface area contributed by atoms with Crippen LogP contribution < -0.4 is 9.62 Å². The molecule has 1 aliphatic rings. The van der Waals surface area contributed by atoms with Crippen LogP contribution in [0.5, 0.6) is 0 Å². The first-order valence-electron chi connectivity index (χ1n) is 11.2. The number of rotatable bonds is 7. The lowest BCUT2D eigenvalue weighted by molar-refractivity contribution is -0.183. The summed E-state index contributed by atoms with van der Waals surface area (Å²) >= 11 is 4.47. The van der Waals surface area contributed by atoms with Gasteiger partial charge in [0.15, 0.2) is 0 Å². The average molecular weight is 445 g/mol. The summed E-state index contributed by atoms with van der Waals surface area (Å²) in [6.07, 6.45) is 0.496. The minimum absolute atomic E-state index is 0.0637. The smallest absolute Gasteiger partial charge is 0.334 e. The summed E-state index contributed by atoms with van der Waals surface area (Å²) < 4.78 is 40.6. The van der Waals surface area contributed by atoms with Crippen LogP contribution in [0.15, 0.2) is 12.1 Å². The van der Waals surface area contributed by atoms with E-state index in [2.05, 4.69) is 44.1 Å². The van der Waals surface area contributed by atoms with Gasteiger partial charge >= 0.3 is 12.2 Å². The molecule has 2 atom stereocenters. The number of carbonyl (C=O) groups is 1. The van der Waals surface area contributed by atoms with E-state index in [4.69, 9.17) is 0 Å². The van der Waals surface area contributed by atoms with Gasteiger partial charge in [-0.15, -0.1) is 0 Å². The largest absolute Gasteiger partial charge is 0.391 e. The maximum atomic E-state index is 13.1. The third-order valence-corrected chi connectivity index (χ3v) is 6.76. The van der Waals surface area contributed by atoms with Gasteiger partial charge in [0, 0.05) is 6.04 Å². The van der Waals surface area contributed by atoms with Crippen molar-refractivity contribution in [1.29, 1.82) is 0 Å². The molecule has 1 N–H and O–H groups in total. The number of thiol groups is 1. The molecular formula is C23H35F3N2OS. The lowest BCUT2D eigenvalue weighted by atomic mass is 9.85. The van der Waals surface area contributed by atoms with Gasteiger partial charge in [0.1, 0.15) is 0 Å². The standard InChI is InChI=1S/C23H35F3N2OS/c1-5-15(6-2)18-12-16(7-3)21(17(8-4)13-18)28(30)22(29)27-20-11-9-10-19(14-20)23(24,25)26/h12-13,15,19-20,30H,5-11,14H2,1-4H3,(H,27,29). The second-order valence-electron chi connectivity index (χ2n) is 8.27. The molecule has 0 saturated heterocycles. The molecule has 170 valence electrons. The molecular weight excluding hydrogens is 409 g/mol. The predicted octanol–water partition coefficient (Wildman–Crippen LogP) is 7.20. The Labute approximate surface area is 184 Å². The second-order valence-corrected chi connectivity index (χ2v) is 8.67. The molecule has 30 heavy (non-hydrogen) atoms. The van der Waals surface area contributed by atoms with Crippen LogP contribution in [0.4, 0.5) is 23.7 Å². The summed E-state index contributed by atoms with van der Waals surface area (Å²) in [5.74, 6) is -0.875. The van der Waals surface area contributed by atoms with Gasteiger partial charge in [-0.25, -0.2) is 9.10 Å². The Hall–Kier alpha value is -1.37. The molecule has 1 aromatic carbocycles. The lowest BCUT2D eigenvalue weighted by Gasteiger charge is -2.32. The fraction of sp³-hybridized carbons (Fsp3) is 0.696. The highest BCUT2D eigenvalue weighted by Gasteiger charge is 2.42. The summed E-state index contributed by atoms with van der Waals surface area (Å²) in [6, 6.07) is 3.38. The van der Waals surface area contributed by atoms with Crippen molar-refractivity contribution in [3.05, 3.63) is 28.8 Å². The number of benzene rings is 1. The summed E-state index contributed by atoms with van der Waals surface area (Å²) in [5, 5.41) is 2.79. The first kappa shape index (κ1) is 24.9. The average Bonchev–Trinajstić information content (AvgIpc) is 2.72. The van der Waals surface area contributed by atoms with Crippen molar-refractivity contribution < 1.29 is 18.0 Å². The fourth-order valence-corrected chi connectivity index (χ4v) is 4.86. The summed E-state index contributed by atoms with van der Waals surface area (Å²) in [7, 11) is 0. The molecule has 2 amide bonds. The van der Waals surface area contributed by atoms with Crippen molar-refractivity contribution in [3.8, 4) is 0 Å². The third kappa shape index (κ3) is 5.86. The number of carbonyl (C=O) groups excluding carboxylic acids is 1. The van der Waals surface area contributed by atoms with Crippen molar-refractivity contribution in [3.63, 3.8) is 0 Å². The molecule has 2 unspecified atom stereocenters. The number of anilines is 1. The Bertz CT molecular complexity index is 694. The van der Waals surface area contributed by atoms with Crippen molar-refractivity contribution in [1.82, 2.24) is 5.32 Å². The van der Waals surface area contributed by atoms with Gasteiger partial charge in [-0.2, -0.15) is 13.2 Å². The summed E-state index contributed by atoms with van der Waals surface area (Å²) in [6.45, 7) is 8.44. The van der Waals surface area contributed by atoms with E-state index in [0.717, 1.165) is 42.5 Å². The molecule has 0 radical (unpaired) electrons. The van der Waals surface area contributed by atoms with Gasteiger partial charge in [0.25, 0.3) is 0 Å². The molecule has 7 heteroatoms. The number of nitrogens with one attached hydrogen (secondary N) is 1. The van der Waals surface area contributed by atoms with E-state index in [1.165, 1.54) is 9.87 Å². The quantitative estimate of drug-likeness (QED) is 0.428. The highest BCUT2D eigenvalue weighted by atomic mass is 32.1. The number of nitrogens with zero attached hydrogens (tertiary/aromatic N) is 1. The van der Waals surface area contributed by atoms with Crippen LogP contribution in [0.25, 0.3) is 0 Å². The molecule has 0 bridgehead atoms. The van der Waals surface area contributed by atoms with E-state index < -0.39 is 24.2 Å². The Morgan fingerprint density at radius 2 is 1.70 bits per heavy atom. The van der Waals surface area contributed by atoms with Gasteiger partial charge in [-0.05, 0) is 67.6 Å². The number of halogens is 3. The van der Waals surface area contributed by atoms with Crippen LogP contribution in [-0.2, 0) is 12.8 Å². The zero-order valence-corrected chi connectivity index (χ0v) is 19.4. The molecule has 1 aliphatic carbocycles. The van der Waals surface area contributed by atoms with Gasteiger partial charge in [0.05, 0.1) is 11.6 Å². The minimum atomic E-state index is -4.21. The Balaban J connectivity index is 2.24. The number of alkyl halides is 3. The van der Waals surface area contributed by atoms with E-state index in [1.54, 1.807) is 0 Å². The molecule has 1 saturated carbocycles. The first-order chi connectivity index (χ1) is 14.2. The second kappa shape index (κ2) is 10.8. The number of urea groups is 1. The highest BCUT2D eigenvalue weighted by Crippen LogP contribution is 2.38. The van der Waals surface area contributed by atoms with E-state index >= 15 is 0 Å². The Morgan fingerprint density at radius 1 is 1.13 bits per heavy atom. The molecule has 0 aliphatic heterocycles. The van der Waals surface area contributed by atoms with E-state index in [1.807, 2.05) is 13.8 Å². The van der Waals surface area contributed by atoms with Crippen LogP contribution in [0.2, 0.25) is 0 Å². The first-order valence-corrected chi connectivity index (χ1v) is 11.6. The van der Waals surface area contributed by atoms with Gasteiger partial charge in [0.2, 0.25) is 0 Å². The number of amides is 2. The van der Waals surface area contributed by atoms with Gasteiger partial charge in [-0.3, -0.25) is 0 Å². The summed E-state index contributed by atoms with van der Waals surface area (Å²) in [4.78, 5) is 12.9. The fourth-order valence-electron chi connectivity index (χ4n) is 4.55. The molecule has 0 heterocycles. The maximum Gasteiger partial charge on any atom is 0.391 e. The predicted molar refractivity (Wildman–Crippen MR) is 120 cm³/mol. The van der Waals surface area contributed by atoms with E-state index in [0.29, 0.717) is 18.8 Å². The van der Waals surface area contributed by atoms with Gasteiger partial charge < -0.3 is 5.32 Å². The molecule has 1 aromatic rings. The number of aryl methyl sites for hydroxylation is 2. The maximum absolute atomic E-state index is 13.1. The van der Waals surface area contributed by atoms with Crippen LogP contribution >= 0.6 is 12.8 Å². The number of hydrogen-bond acceptors (Lipinski definition) is 2. The Kier molecular flexibility index (Phi) is 8.95. The van der Waals surface area contributed by atoms with Crippen molar-refractivity contribution in [2.45, 2.75) is 97.2 Å². The van der Waals surface area contributed by atoms with Crippen LogP contribution in [0, 0.1) is 5.92 Å². The summed E-state index contributed by atoms with van der Waals surface area (Å²) in [5.41, 5.74) is 4.12. The number of hydrogen-bond donors (Lipinski definition) is 2. The molecule has 0 spiro atoms. The van der Waals surface area contributed by atoms with Crippen molar-refractivity contribution in [2.75, 3.05) is 4.31 Å². The molecule has 0 aromatic heterocycles. The molecule has 2 rings (SSSR count). The minimum Gasteiger partial charge on any atom is -0.334 e. The highest BCUT2D eigenvalue weighted by molar-refractivity contribution is 7.82. The normalized spacial score (nSPS) is 19.8. The van der Waals surface area contributed by atoms with E-state index in [9.17, 15) is 18.0 Å². The van der Waals surface area contributed by atoms with Crippen molar-refractivity contribution >= 4 is 24.5 Å². The SMILES string of the molecule is CCc1cc(C(CC)CC)cc(CC)c1N(S)C(=O)NC1CCCC(C(F)(F)F)C1. The van der Waals surface area contributed by atoms with Crippen LogP contribution in [0.3, 0.4) is 0 Å². The van der Waals surface area contributed by atoms with E-state index in [-0.39, 0.29) is 12.8 Å². The molecule has 1 fully saturated rings. The van der Waals surface area contributed by atoms with Crippen molar-refractivity contribution in [2.24, 2.45) is 5.92 Å². The zero-order chi connectivity index (χ0) is 22.5. The lowest BCUT2D eigenvalue weighted by Crippen LogP contribution is -2.45.